The molecule has 2 rings (SSSR count). The highest BCUT2D eigenvalue weighted by atomic mass is 16.5. The molecule has 0 aliphatic heterocycles. The molecule has 1 unspecified atom stereocenters. The highest BCUT2D eigenvalue weighted by Crippen LogP contribution is 2.23. The van der Waals surface area contributed by atoms with Gasteiger partial charge in [-0.3, -0.25) is 4.79 Å². The summed E-state index contributed by atoms with van der Waals surface area (Å²) in [6, 6.07) is 7.63. The number of hydrogen-bond acceptors (Lipinski definition) is 5. The van der Waals surface area contributed by atoms with Crippen LogP contribution in [-0.4, -0.2) is 31.0 Å². The number of nitrogens with one attached hydrogen (secondary N) is 1. The molecule has 1 aromatic carbocycles. The minimum Gasteiger partial charge on any atom is -0.497 e. The molecule has 2 aromatic rings. The topological polar surface area (TPSA) is 81.6 Å². The Hall–Kier alpha value is -2.85. The summed E-state index contributed by atoms with van der Waals surface area (Å²) in [5, 5.41) is 13.5. The van der Waals surface area contributed by atoms with Gasteiger partial charge in [0.15, 0.2) is 6.67 Å². The zero-order chi connectivity index (χ0) is 18.6. The number of ether oxygens (including phenoxy) is 2. The van der Waals surface area contributed by atoms with Gasteiger partial charge in [-0.2, -0.15) is 15.0 Å². The molecule has 25 heavy (non-hydrogen) atoms. The second-order valence-corrected chi connectivity index (χ2v) is 5.97. The van der Waals surface area contributed by atoms with Gasteiger partial charge in [0, 0.05) is 11.6 Å². The molecule has 0 saturated heterocycles. The first kappa shape index (κ1) is 18.5. The molecule has 0 radical (unpaired) electrons. The van der Waals surface area contributed by atoms with E-state index < -0.39 is 0 Å². The van der Waals surface area contributed by atoms with Crippen LogP contribution in [0.1, 0.15) is 22.4 Å². The molecule has 0 fully saturated rings. The summed E-state index contributed by atoms with van der Waals surface area (Å²) in [6.07, 6.45) is 0. The number of benzene rings is 1. The number of quaternary nitrogens is 1. The summed E-state index contributed by atoms with van der Waals surface area (Å²) in [5.74, 6) is 1.46. The van der Waals surface area contributed by atoms with E-state index in [0.717, 1.165) is 22.0 Å². The van der Waals surface area contributed by atoms with E-state index in [0.29, 0.717) is 24.5 Å². The molecule has 0 aliphatic rings. The molecular weight excluding hydrogens is 320 g/mol. The summed E-state index contributed by atoms with van der Waals surface area (Å²) in [4.78, 5) is 13.4. The van der Waals surface area contributed by atoms with Gasteiger partial charge in [0.2, 0.25) is 0 Å². The van der Waals surface area contributed by atoms with Crippen molar-refractivity contribution in [1.82, 2.24) is 9.78 Å². The van der Waals surface area contributed by atoms with Crippen molar-refractivity contribution in [2.24, 2.45) is 0 Å². The van der Waals surface area contributed by atoms with E-state index in [1.54, 1.807) is 28.1 Å². The fourth-order valence-electron chi connectivity index (χ4n) is 2.65. The Kier molecular flexibility index (Phi) is 5.78. The van der Waals surface area contributed by atoms with Crippen molar-refractivity contribution < 1.29 is 14.4 Å². The van der Waals surface area contributed by atoms with Gasteiger partial charge in [-0.25, -0.2) is 0 Å². The molecule has 0 saturated carbocycles. The fraction of sp³-hybridized carbons (Fsp3) is 0.389. The normalized spacial score (nSPS) is 11.7. The van der Waals surface area contributed by atoms with Crippen LogP contribution in [0.25, 0.3) is 0 Å². The van der Waals surface area contributed by atoms with Gasteiger partial charge in [0.25, 0.3) is 5.56 Å². The Balaban J connectivity index is 2.24. The molecule has 1 N–H and O–H groups in total. The molecule has 1 heterocycles. The standard InChI is InChI=1S/C18H22N4O3/c1-12-13(2)20-22(18(23)16(12)9-19)11-21(3)10-14-6-7-15(24-4)8-17(14)25-5/h6-8H,10-11H2,1-5H3/p+1. The van der Waals surface area contributed by atoms with E-state index in [9.17, 15) is 10.1 Å². The Morgan fingerprint density at radius 2 is 2.00 bits per heavy atom. The van der Waals surface area contributed by atoms with Gasteiger partial charge in [-0.15, -0.1) is 0 Å². The Morgan fingerprint density at radius 3 is 2.60 bits per heavy atom. The minimum atomic E-state index is -0.355. The van der Waals surface area contributed by atoms with Crippen LogP contribution >= 0.6 is 0 Å². The lowest BCUT2D eigenvalue weighted by Gasteiger charge is -2.17. The monoisotopic (exact) mass is 343 g/mol. The highest BCUT2D eigenvalue weighted by Gasteiger charge is 2.16. The molecule has 132 valence electrons. The predicted octanol–water partition coefficient (Wildman–Crippen LogP) is 0.421. The molecule has 0 spiro atoms. The second-order valence-electron chi connectivity index (χ2n) is 5.97. The summed E-state index contributed by atoms with van der Waals surface area (Å²) in [6.45, 7) is 4.53. The smallest absolute Gasteiger partial charge is 0.289 e. The van der Waals surface area contributed by atoms with Crippen LogP contribution in [0.3, 0.4) is 0 Å². The number of rotatable bonds is 6. The maximum Gasteiger partial charge on any atom is 0.289 e. The zero-order valence-corrected chi connectivity index (χ0v) is 15.2. The minimum absolute atomic E-state index is 0.155. The first-order chi connectivity index (χ1) is 11.9. The average Bonchev–Trinajstić information content (AvgIpc) is 2.60. The Labute approximate surface area is 147 Å². The summed E-state index contributed by atoms with van der Waals surface area (Å²) < 4.78 is 12.0. The van der Waals surface area contributed by atoms with Crippen molar-refractivity contribution in [2.45, 2.75) is 27.1 Å². The maximum absolute atomic E-state index is 12.4. The van der Waals surface area contributed by atoms with Gasteiger partial charge in [0.1, 0.15) is 29.7 Å². The lowest BCUT2D eigenvalue weighted by Crippen LogP contribution is -3.07. The molecular formula is C18H23N4O3+. The fourth-order valence-corrected chi connectivity index (χ4v) is 2.65. The van der Waals surface area contributed by atoms with Crippen molar-refractivity contribution in [3.63, 3.8) is 0 Å². The molecule has 1 atom stereocenters. The number of aromatic nitrogens is 2. The predicted molar refractivity (Wildman–Crippen MR) is 92.8 cm³/mol. The van der Waals surface area contributed by atoms with Crippen molar-refractivity contribution in [3.05, 3.63) is 50.9 Å². The lowest BCUT2D eigenvalue weighted by molar-refractivity contribution is -0.917. The van der Waals surface area contributed by atoms with Gasteiger partial charge < -0.3 is 14.4 Å². The van der Waals surface area contributed by atoms with Crippen molar-refractivity contribution in [2.75, 3.05) is 21.3 Å². The molecule has 0 bridgehead atoms. The largest absolute Gasteiger partial charge is 0.497 e. The van der Waals surface area contributed by atoms with Crippen LogP contribution < -0.4 is 19.9 Å². The molecule has 1 aromatic heterocycles. The molecule has 7 heteroatoms. The molecule has 0 amide bonds. The van der Waals surface area contributed by atoms with Gasteiger partial charge >= 0.3 is 0 Å². The number of nitriles is 1. The molecule has 0 aliphatic carbocycles. The van der Waals surface area contributed by atoms with E-state index in [-0.39, 0.29) is 11.1 Å². The number of aryl methyl sites for hydroxylation is 1. The number of methoxy groups -OCH3 is 2. The van der Waals surface area contributed by atoms with E-state index in [1.807, 2.05) is 31.3 Å². The summed E-state index contributed by atoms with van der Waals surface area (Å²) in [5.41, 5.74) is 2.12. The summed E-state index contributed by atoms with van der Waals surface area (Å²) in [7, 11) is 5.18. The first-order valence-electron chi connectivity index (χ1n) is 7.91. The Bertz CT molecular complexity index is 868. The first-order valence-corrected chi connectivity index (χ1v) is 7.91. The van der Waals surface area contributed by atoms with E-state index >= 15 is 0 Å². The quantitative estimate of drug-likeness (QED) is 0.822. The van der Waals surface area contributed by atoms with E-state index in [1.165, 1.54) is 4.68 Å². The Morgan fingerprint density at radius 1 is 1.28 bits per heavy atom. The third-order valence-electron chi connectivity index (χ3n) is 4.15. The number of hydrogen-bond donors (Lipinski definition) is 1. The van der Waals surface area contributed by atoms with Crippen molar-refractivity contribution >= 4 is 0 Å². The van der Waals surface area contributed by atoms with Crippen molar-refractivity contribution in [1.29, 1.82) is 5.26 Å². The van der Waals surface area contributed by atoms with E-state index in [2.05, 4.69) is 5.10 Å². The van der Waals surface area contributed by atoms with E-state index in [4.69, 9.17) is 9.47 Å². The average molecular weight is 343 g/mol. The number of nitrogens with zero attached hydrogens (tertiary/aromatic N) is 3. The van der Waals surface area contributed by atoms with Crippen molar-refractivity contribution in [3.8, 4) is 17.6 Å². The van der Waals surface area contributed by atoms with Crippen LogP contribution in [0.5, 0.6) is 11.5 Å². The maximum atomic E-state index is 12.4. The second kappa shape index (κ2) is 7.81. The van der Waals surface area contributed by atoms with Crippen LogP contribution in [0.4, 0.5) is 0 Å². The van der Waals surface area contributed by atoms with Gasteiger partial charge in [0.05, 0.1) is 27.0 Å². The SMILES string of the molecule is COc1ccc(C[NH+](C)Cn2nc(C)c(C)c(C#N)c2=O)c(OC)c1. The van der Waals surface area contributed by atoms with Crippen LogP contribution in [-0.2, 0) is 13.2 Å². The third kappa shape index (κ3) is 3.98. The lowest BCUT2D eigenvalue weighted by atomic mass is 10.1. The summed E-state index contributed by atoms with van der Waals surface area (Å²) >= 11 is 0. The van der Waals surface area contributed by atoms with Crippen LogP contribution in [0.15, 0.2) is 23.0 Å². The highest BCUT2D eigenvalue weighted by molar-refractivity contribution is 5.40. The molecule has 7 nitrogen and oxygen atoms in total. The van der Waals surface area contributed by atoms with Gasteiger partial charge in [-0.1, -0.05) is 0 Å². The van der Waals surface area contributed by atoms with Gasteiger partial charge in [-0.05, 0) is 31.5 Å². The van der Waals surface area contributed by atoms with Crippen LogP contribution in [0.2, 0.25) is 0 Å². The zero-order valence-electron chi connectivity index (χ0n) is 15.2. The van der Waals surface area contributed by atoms with Crippen LogP contribution in [0, 0.1) is 25.2 Å². The third-order valence-corrected chi connectivity index (χ3v) is 4.15.